The first kappa shape index (κ1) is 15.1. The predicted molar refractivity (Wildman–Crippen MR) is 74.1 cm³/mol. The SMILES string of the molecule is [B][C@H]1C([B]C)CCC(OC(C)C)[C@H]1OC(C)C. The fourth-order valence-corrected chi connectivity index (χ4v) is 2.58. The summed E-state index contributed by atoms with van der Waals surface area (Å²) in [5.41, 5.74) is 0. The maximum atomic E-state index is 6.31. The highest BCUT2D eigenvalue weighted by Crippen LogP contribution is 2.40. The Labute approximate surface area is 108 Å². The lowest BCUT2D eigenvalue weighted by molar-refractivity contribution is -0.125. The van der Waals surface area contributed by atoms with Crippen molar-refractivity contribution in [3.8, 4) is 0 Å². The first-order chi connectivity index (χ1) is 7.95. The Hall–Kier alpha value is 0.0499. The monoisotopic (exact) mass is 235 g/mol. The molecule has 4 atom stereocenters. The highest BCUT2D eigenvalue weighted by molar-refractivity contribution is 6.38. The third-order valence-electron chi connectivity index (χ3n) is 3.33. The van der Waals surface area contributed by atoms with Crippen LogP contribution < -0.4 is 0 Å². The number of hydrogen-bond acceptors (Lipinski definition) is 2. The molecule has 3 radical (unpaired) electrons. The zero-order valence-corrected chi connectivity index (χ0v) is 11.8. The van der Waals surface area contributed by atoms with Crippen LogP contribution in [0, 0.1) is 0 Å². The number of hydrogen-bond donors (Lipinski definition) is 0. The van der Waals surface area contributed by atoms with E-state index >= 15 is 0 Å². The fraction of sp³-hybridized carbons (Fsp3) is 1.00. The Morgan fingerprint density at radius 1 is 1.06 bits per heavy atom. The minimum atomic E-state index is 0.0207. The van der Waals surface area contributed by atoms with Gasteiger partial charge in [0.05, 0.1) is 32.3 Å². The molecule has 0 heterocycles. The van der Waals surface area contributed by atoms with Crippen molar-refractivity contribution < 1.29 is 9.47 Å². The normalized spacial score (nSPS) is 34.3. The molecular formula is C13H25B2O2. The number of ether oxygens (including phenoxy) is 2. The summed E-state index contributed by atoms with van der Waals surface area (Å²) in [5.74, 6) is 0.505. The van der Waals surface area contributed by atoms with Gasteiger partial charge in [-0.3, -0.25) is 0 Å². The fourth-order valence-electron chi connectivity index (χ4n) is 2.58. The number of rotatable bonds is 5. The van der Waals surface area contributed by atoms with Crippen LogP contribution in [0.15, 0.2) is 0 Å². The highest BCUT2D eigenvalue weighted by Gasteiger charge is 2.37. The largest absolute Gasteiger partial charge is 0.373 e. The summed E-state index contributed by atoms with van der Waals surface area (Å²) in [5, 5.41) is 0. The van der Waals surface area contributed by atoms with E-state index in [0.29, 0.717) is 5.82 Å². The van der Waals surface area contributed by atoms with E-state index in [2.05, 4.69) is 41.8 Å². The molecule has 2 nitrogen and oxygen atoms in total. The zero-order valence-electron chi connectivity index (χ0n) is 11.8. The summed E-state index contributed by atoms with van der Waals surface area (Å²) >= 11 is 0. The van der Waals surface area contributed by atoms with Crippen molar-refractivity contribution in [2.45, 2.75) is 83.4 Å². The van der Waals surface area contributed by atoms with Gasteiger partial charge in [0.2, 0.25) is 0 Å². The van der Waals surface area contributed by atoms with Crippen LogP contribution in [0.1, 0.15) is 40.5 Å². The molecule has 0 bridgehead atoms. The Morgan fingerprint density at radius 3 is 2.12 bits per heavy atom. The van der Waals surface area contributed by atoms with Crippen LogP contribution in [0.5, 0.6) is 0 Å². The van der Waals surface area contributed by atoms with Gasteiger partial charge in [-0.25, -0.2) is 0 Å². The average Bonchev–Trinajstić information content (AvgIpc) is 2.22. The molecule has 0 amide bonds. The summed E-state index contributed by atoms with van der Waals surface area (Å²) in [6.45, 7) is 10.3. The van der Waals surface area contributed by atoms with Crippen molar-refractivity contribution >= 4 is 15.1 Å². The highest BCUT2D eigenvalue weighted by atomic mass is 16.5. The molecule has 0 saturated heterocycles. The van der Waals surface area contributed by atoms with Gasteiger partial charge in [-0.2, -0.15) is 0 Å². The van der Waals surface area contributed by atoms with Crippen molar-refractivity contribution in [3.05, 3.63) is 0 Å². The molecule has 2 unspecified atom stereocenters. The van der Waals surface area contributed by atoms with Crippen molar-refractivity contribution in [3.63, 3.8) is 0 Å². The molecule has 17 heavy (non-hydrogen) atoms. The third kappa shape index (κ3) is 4.33. The summed E-state index contributed by atoms with van der Waals surface area (Å²) in [4.78, 5) is 0. The molecule has 0 aromatic heterocycles. The molecule has 1 fully saturated rings. The van der Waals surface area contributed by atoms with E-state index in [1.807, 2.05) is 0 Å². The maximum Gasteiger partial charge on any atom is 0.109 e. The smallest absolute Gasteiger partial charge is 0.109 e. The molecule has 0 aromatic rings. The van der Waals surface area contributed by atoms with Crippen molar-refractivity contribution in [2.75, 3.05) is 0 Å². The van der Waals surface area contributed by atoms with Crippen LogP contribution in [0.25, 0.3) is 0 Å². The lowest BCUT2D eigenvalue weighted by atomic mass is 9.50. The van der Waals surface area contributed by atoms with E-state index in [0.717, 1.165) is 12.8 Å². The van der Waals surface area contributed by atoms with E-state index in [1.54, 1.807) is 0 Å². The second kappa shape index (κ2) is 6.84. The summed E-state index contributed by atoms with van der Waals surface area (Å²) in [6, 6.07) is 0. The van der Waals surface area contributed by atoms with Gasteiger partial charge in [-0.15, -0.1) is 0 Å². The average molecular weight is 235 g/mol. The first-order valence-corrected chi connectivity index (χ1v) is 6.81. The molecule has 1 rings (SSSR count). The van der Waals surface area contributed by atoms with Crippen LogP contribution in [0.3, 0.4) is 0 Å². The zero-order chi connectivity index (χ0) is 13.0. The lowest BCUT2D eigenvalue weighted by Crippen LogP contribution is -2.44. The van der Waals surface area contributed by atoms with Crippen molar-refractivity contribution in [1.29, 1.82) is 0 Å². The van der Waals surface area contributed by atoms with Crippen molar-refractivity contribution in [2.24, 2.45) is 0 Å². The Balaban J connectivity index is 2.69. The Morgan fingerprint density at radius 2 is 1.65 bits per heavy atom. The van der Waals surface area contributed by atoms with E-state index in [4.69, 9.17) is 17.3 Å². The summed E-state index contributed by atoms with van der Waals surface area (Å²) in [6.07, 6.45) is 2.73. The van der Waals surface area contributed by atoms with Crippen LogP contribution in [-0.4, -0.2) is 39.5 Å². The van der Waals surface area contributed by atoms with Gasteiger partial charge in [0, 0.05) is 0 Å². The molecular weight excluding hydrogens is 210 g/mol. The van der Waals surface area contributed by atoms with E-state index < -0.39 is 0 Å². The topological polar surface area (TPSA) is 18.5 Å². The van der Waals surface area contributed by atoms with Crippen molar-refractivity contribution in [1.82, 2.24) is 0 Å². The second-order valence-electron chi connectivity index (χ2n) is 5.52. The predicted octanol–water partition coefficient (Wildman–Crippen LogP) is 2.87. The molecule has 1 saturated carbocycles. The van der Waals surface area contributed by atoms with E-state index in [9.17, 15) is 0 Å². The van der Waals surface area contributed by atoms with Gasteiger partial charge in [-0.05, 0) is 34.1 Å². The van der Waals surface area contributed by atoms with Gasteiger partial charge in [0.1, 0.15) is 7.28 Å². The maximum absolute atomic E-state index is 6.31. The van der Waals surface area contributed by atoms with Crippen LogP contribution >= 0.6 is 0 Å². The van der Waals surface area contributed by atoms with Crippen LogP contribution in [0.4, 0.5) is 0 Å². The minimum absolute atomic E-state index is 0.0207. The van der Waals surface area contributed by atoms with Gasteiger partial charge < -0.3 is 9.47 Å². The summed E-state index contributed by atoms with van der Waals surface area (Å²) in [7, 11) is 8.51. The minimum Gasteiger partial charge on any atom is -0.373 e. The standard InChI is InChI=1S/C13H25B2O2/c1-8(2)16-11-7-6-10(15-5)12(14)13(11)17-9(3)4/h8-13H,6-7H2,1-5H3/t10?,11?,12-,13+/m0/s1. The van der Waals surface area contributed by atoms with E-state index in [1.165, 1.54) is 0 Å². The molecule has 95 valence electrons. The van der Waals surface area contributed by atoms with Gasteiger partial charge >= 0.3 is 0 Å². The van der Waals surface area contributed by atoms with Gasteiger partial charge in [0.25, 0.3) is 0 Å². The van der Waals surface area contributed by atoms with Crippen LogP contribution in [-0.2, 0) is 9.47 Å². The molecule has 0 aromatic carbocycles. The molecule has 0 spiro atoms. The molecule has 1 aliphatic rings. The van der Waals surface area contributed by atoms with Crippen LogP contribution in [0.2, 0.25) is 18.5 Å². The van der Waals surface area contributed by atoms with E-state index in [-0.39, 0.29) is 30.2 Å². The quantitative estimate of drug-likeness (QED) is 0.682. The van der Waals surface area contributed by atoms with Gasteiger partial charge in [0.15, 0.2) is 0 Å². The lowest BCUT2D eigenvalue weighted by Gasteiger charge is -2.42. The third-order valence-corrected chi connectivity index (χ3v) is 3.33. The van der Waals surface area contributed by atoms with Gasteiger partial charge in [-0.1, -0.05) is 24.9 Å². The molecule has 4 heteroatoms. The molecule has 0 aliphatic heterocycles. The first-order valence-electron chi connectivity index (χ1n) is 6.81. The summed E-state index contributed by atoms with van der Waals surface area (Å²) < 4.78 is 11.9. The second-order valence-corrected chi connectivity index (χ2v) is 5.52. The Bertz CT molecular complexity index is 221. The Kier molecular flexibility index (Phi) is 6.08. The molecule has 1 aliphatic carbocycles. The molecule has 0 N–H and O–H groups in total.